The highest BCUT2D eigenvalue weighted by molar-refractivity contribution is 7.99. The fourth-order valence-corrected chi connectivity index (χ4v) is 3.47. The molecule has 136 valence electrons. The highest BCUT2D eigenvalue weighted by Gasteiger charge is 2.62. The van der Waals surface area contributed by atoms with Crippen molar-refractivity contribution in [3.63, 3.8) is 0 Å². The molecule has 1 aliphatic rings. The minimum absolute atomic E-state index is 0.0533. The predicted octanol–water partition coefficient (Wildman–Crippen LogP) is 2.89. The fourth-order valence-electron chi connectivity index (χ4n) is 2.54. The molecule has 0 unspecified atom stereocenters. The van der Waals surface area contributed by atoms with E-state index in [0.29, 0.717) is 12.2 Å². The van der Waals surface area contributed by atoms with Crippen molar-refractivity contribution in [1.82, 2.24) is 5.32 Å². The summed E-state index contributed by atoms with van der Waals surface area (Å²) in [6.45, 7) is 5.85. The molecule has 6 nitrogen and oxygen atoms in total. The van der Waals surface area contributed by atoms with Crippen molar-refractivity contribution in [3.05, 3.63) is 11.8 Å². The van der Waals surface area contributed by atoms with E-state index >= 15 is 0 Å². The van der Waals surface area contributed by atoms with Gasteiger partial charge in [-0.25, -0.2) is 4.79 Å². The molecule has 0 heterocycles. The standard InChI is InChI=1S/C17H27NO5S/c1-16(2)11-17(16,3)15(23)18-12(14(21)22)7-5-4-6-9-24-10-8-13(19)20/h7H,4-6,8-11H2,1-3H3,(H,18,23)(H,19,20)(H,21,22)/b12-7+/t17-/m1/s1. The van der Waals surface area contributed by atoms with Crippen LogP contribution in [0.4, 0.5) is 0 Å². The van der Waals surface area contributed by atoms with Gasteiger partial charge in [0.2, 0.25) is 5.91 Å². The Kier molecular flexibility index (Phi) is 7.32. The monoisotopic (exact) mass is 357 g/mol. The second-order valence-corrected chi connectivity index (χ2v) is 8.25. The van der Waals surface area contributed by atoms with Gasteiger partial charge in [0.1, 0.15) is 5.70 Å². The van der Waals surface area contributed by atoms with Gasteiger partial charge >= 0.3 is 11.9 Å². The maximum atomic E-state index is 12.3. The fraction of sp³-hybridized carbons (Fsp3) is 0.706. The largest absolute Gasteiger partial charge is 0.481 e. The van der Waals surface area contributed by atoms with Crippen molar-refractivity contribution in [2.24, 2.45) is 10.8 Å². The second kappa shape index (κ2) is 8.55. The number of hydrogen-bond donors (Lipinski definition) is 3. The zero-order valence-electron chi connectivity index (χ0n) is 14.6. The van der Waals surface area contributed by atoms with E-state index in [1.165, 1.54) is 0 Å². The number of aliphatic carboxylic acids is 2. The Morgan fingerprint density at radius 2 is 1.75 bits per heavy atom. The zero-order chi connectivity index (χ0) is 18.4. The average molecular weight is 357 g/mol. The molecule has 1 fully saturated rings. The first-order valence-corrected chi connectivity index (χ1v) is 9.30. The summed E-state index contributed by atoms with van der Waals surface area (Å²) in [5.41, 5.74) is -0.640. The van der Waals surface area contributed by atoms with Crippen molar-refractivity contribution in [3.8, 4) is 0 Å². The second-order valence-electron chi connectivity index (χ2n) is 7.02. The van der Waals surface area contributed by atoms with Gasteiger partial charge in [-0.05, 0) is 36.9 Å². The summed E-state index contributed by atoms with van der Waals surface area (Å²) in [6.07, 6.45) is 4.73. The molecule has 0 saturated heterocycles. The lowest BCUT2D eigenvalue weighted by molar-refractivity contribution is -0.136. The van der Waals surface area contributed by atoms with Crippen molar-refractivity contribution in [2.45, 2.75) is 52.9 Å². The summed E-state index contributed by atoms with van der Waals surface area (Å²) in [4.78, 5) is 33.9. The van der Waals surface area contributed by atoms with Gasteiger partial charge in [0.25, 0.3) is 0 Å². The van der Waals surface area contributed by atoms with E-state index in [1.807, 2.05) is 20.8 Å². The Bertz CT molecular complexity index is 529. The molecule has 3 N–H and O–H groups in total. The molecule has 0 aromatic heterocycles. The number of hydrogen-bond acceptors (Lipinski definition) is 4. The van der Waals surface area contributed by atoms with E-state index in [9.17, 15) is 19.5 Å². The highest BCUT2D eigenvalue weighted by Crippen LogP contribution is 2.63. The number of unbranched alkanes of at least 4 members (excludes halogenated alkanes) is 2. The predicted molar refractivity (Wildman–Crippen MR) is 93.8 cm³/mol. The molecule has 0 aliphatic heterocycles. The summed E-state index contributed by atoms with van der Waals surface area (Å²) in [5.74, 6) is -0.704. The molecule has 24 heavy (non-hydrogen) atoms. The summed E-state index contributed by atoms with van der Waals surface area (Å²) < 4.78 is 0. The molecular formula is C17H27NO5S. The molecule has 1 rings (SSSR count). The number of rotatable bonds is 11. The molecule has 1 aliphatic carbocycles. The first-order valence-electron chi connectivity index (χ1n) is 8.14. The van der Waals surface area contributed by atoms with E-state index in [1.54, 1.807) is 17.8 Å². The van der Waals surface area contributed by atoms with Crippen LogP contribution < -0.4 is 5.32 Å². The Morgan fingerprint density at radius 3 is 2.25 bits per heavy atom. The Labute approximate surface area is 147 Å². The molecule has 0 aromatic carbocycles. The van der Waals surface area contributed by atoms with Crippen LogP contribution in [-0.2, 0) is 14.4 Å². The van der Waals surface area contributed by atoms with Crippen LogP contribution in [0.5, 0.6) is 0 Å². The lowest BCUT2D eigenvalue weighted by Crippen LogP contribution is -2.34. The summed E-state index contributed by atoms with van der Waals surface area (Å²) in [7, 11) is 0. The first kappa shape index (κ1) is 20.5. The normalized spacial score (nSPS) is 22.0. The van der Waals surface area contributed by atoms with Gasteiger partial charge in [0.15, 0.2) is 0 Å². The van der Waals surface area contributed by atoms with E-state index in [0.717, 1.165) is 25.0 Å². The quantitative estimate of drug-likeness (QED) is 0.388. The van der Waals surface area contributed by atoms with Gasteiger partial charge in [-0.15, -0.1) is 0 Å². The molecule has 1 atom stereocenters. The van der Waals surface area contributed by atoms with Crippen LogP contribution in [0.3, 0.4) is 0 Å². The molecule has 0 spiro atoms. The SMILES string of the molecule is CC1(C)C[C@]1(C)C(=O)N/C(=C/CCCCSCCC(=O)O)C(=O)O. The third kappa shape index (κ3) is 5.85. The van der Waals surface area contributed by atoms with Gasteiger partial charge in [0.05, 0.1) is 11.8 Å². The van der Waals surface area contributed by atoms with Crippen LogP contribution in [0.25, 0.3) is 0 Å². The van der Waals surface area contributed by atoms with Crippen molar-refractivity contribution < 1.29 is 24.6 Å². The van der Waals surface area contributed by atoms with Crippen LogP contribution in [0, 0.1) is 10.8 Å². The van der Waals surface area contributed by atoms with Crippen molar-refractivity contribution >= 4 is 29.6 Å². The number of allylic oxidation sites excluding steroid dienone is 1. The Hall–Kier alpha value is -1.50. The highest BCUT2D eigenvalue weighted by atomic mass is 32.2. The van der Waals surface area contributed by atoms with Crippen LogP contribution in [0.2, 0.25) is 0 Å². The smallest absolute Gasteiger partial charge is 0.352 e. The van der Waals surface area contributed by atoms with E-state index < -0.39 is 17.4 Å². The molecule has 0 radical (unpaired) electrons. The van der Waals surface area contributed by atoms with Gasteiger partial charge in [0, 0.05) is 5.75 Å². The maximum Gasteiger partial charge on any atom is 0.352 e. The number of carboxylic acid groups (broad SMARTS) is 2. The van der Waals surface area contributed by atoms with Crippen LogP contribution in [0.15, 0.2) is 11.8 Å². The number of amides is 1. The Morgan fingerprint density at radius 1 is 1.12 bits per heavy atom. The molecular weight excluding hydrogens is 330 g/mol. The van der Waals surface area contributed by atoms with Crippen LogP contribution in [0.1, 0.15) is 52.9 Å². The summed E-state index contributed by atoms with van der Waals surface area (Å²) in [5, 5.41) is 20.3. The van der Waals surface area contributed by atoms with Crippen molar-refractivity contribution in [2.75, 3.05) is 11.5 Å². The van der Waals surface area contributed by atoms with E-state index in [2.05, 4.69) is 5.32 Å². The minimum Gasteiger partial charge on any atom is -0.481 e. The van der Waals surface area contributed by atoms with E-state index in [-0.39, 0.29) is 23.4 Å². The molecule has 1 amide bonds. The average Bonchev–Trinajstić information content (AvgIpc) is 2.99. The van der Waals surface area contributed by atoms with E-state index in [4.69, 9.17) is 5.11 Å². The lowest BCUT2D eigenvalue weighted by Gasteiger charge is -2.15. The number of carbonyl (C=O) groups is 3. The summed E-state index contributed by atoms with van der Waals surface area (Å²) >= 11 is 1.58. The third-order valence-corrected chi connectivity index (χ3v) is 5.77. The van der Waals surface area contributed by atoms with Gasteiger partial charge in [-0.1, -0.05) is 26.8 Å². The molecule has 7 heteroatoms. The van der Waals surface area contributed by atoms with Gasteiger partial charge in [-0.2, -0.15) is 11.8 Å². The van der Waals surface area contributed by atoms with Crippen LogP contribution in [-0.4, -0.2) is 39.6 Å². The number of nitrogens with one attached hydrogen (secondary N) is 1. The molecule has 0 aromatic rings. The number of thioether (sulfide) groups is 1. The number of carboxylic acids is 2. The topological polar surface area (TPSA) is 104 Å². The first-order chi connectivity index (χ1) is 11.1. The summed E-state index contributed by atoms with van der Waals surface area (Å²) in [6, 6.07) is 0. The minimum atomic E-state index is -1.12. The molecule has 0 bridgehead atoms. The third-order valence-electron chi connectivity index (χ3n) is 4.70. The van der Waals surface area contributed by atoms with Crippen LogP contribution >= 0.6 is 11.8 Å². The Balaban J connectivity index is 2.32. The van der Waals surface area contributed by atoms with Gasteiger partial charge in [-0.3, -0.25) is 9.59 Å². The number of carbonyl (C=O) groups excluding carboxylic acids is 1. The molecule has 1 saturated carbocycles. The lowest BCUT2D eigenvalue weighted by atomic mass is 9.97. The van der Waals surface area contributed by atoms with Gasteiger partial charge < -0.3 is 15.5 Å². The van der Waals surface area contributed by atoms with Crippen molar-refractivity contribution in [1.29, 1.82) is 0 Å². The maximum absolute atomic E-state index is 12.3. The zero-order valence-corrected chi connectivity index (χ0v) is 15.4.